The summed E-state index contributed by atoms with van der Waals surface area (Å²) in [6.07, 6.45) is 0. The smallest absolute Gasteiger partial charge is 0.0484 e. The third kappa shape index (κ3) is 2.92. The predicted molar refractivity (Wildman–Crippen MR) is 78.9 cm³/mol. The van der Waals surface area contributed by atoms with Gasteiger partial charge in [0.25, 0.3) is 0 Å². The molecule has 17 heavy (non-hydrogen) atoms. The number of hydrogen-bond donors (Lipinski definition) is 0. The van der Waals surface area contributed by atoms with Crippen LogP contribution in [0.15, 0.2) is 53.5 Å². The average Bonchev–Trinajstić information content (AvgIpc) is 2.35. The van der Waals surface area contributed by atoms with Crippen molar-refractivity contribution in [2.75, 3.05) is 0 Å². The third-order valence-corrected chi connectivity index (χ3v) is 3.47. The molecule has 0 N–H and O–H groups in total. The molecule has 0 heterocycles. The molecule has 2 aromatic rings. The van der Waals surface area contributed by atoms with Gasteiger partial charge in [-0.25, -0.2) is 0 Å². The Kier molecular flexibility index (Phi) is 4.27. The van der Waals surface area contributed by atoms with Crippen LogP contribution in [-0.4, -0.2) is 0 Å². The predicted octanol–water partition coefficient (Wildman–Crippen LogP) is 5.78. The van der Waals surface area contributed by atoms with Gasteiger partial charge in [0.15, 0.2) is 0 Å². The highest BCUT2D eigenvalue weighted by atomic mass is 79.9. The van der Waals surface area contributed by atoms with Gasteiger partial charge in [-0.3, -0.25) is 0 Å². The molecule has 0 aromatic heterocycles. The molecule has 0 radical (unpaired) electrons. The zero-order chi connectivity index (χ0) is 12.3. The van der Waals surface area contributed by atoms with Gasteiger partial charge in [0.2, 0.25) is 0 Å². The fourth-order valence-electron chi connectivity index (χ4n) is 1.59. The Balaban J connectivity index is 2.49. The number of rotatable bonds is 2. The van der Waals surface area contributed by atoms with Crippen molar-refractivity contribution in [3.05, 3.63) is 74.7 Å². The molecular formula is C14H9BrCl2. The van der Waals surface area contributed by atoms with Crippen LogP contribution in [-0.2, 0) is 0 Å². The molecule has 0 saturated heterocycles. The first-order valence-electron chi connectivity index (χ1n) is 5.03. The minimum absolute atomic E-state index is 0.724. The molecule has 0 saturated carbocycles. The zero-order valence-electron chi connectivity index (χ0n) is 8.83. The molecule has 0 bridgehead atoms. The van der Waals surface area contributed by atoms with Crippen LogP contribution in [0.25, 0.3) is 5.57 Å². The Morgan fingerprint density at radius 3 is 2.18 bits per heavy atom. The van der Waals surface area contributed by atoms with E-state index in [4.69, 9.17) is 23.2 Å². The topological polar surface area (TPSA) is 0 Å². The molecule has 0 unspecified atom stereocenters. The SMILES string of the molecule is Clc1ccc(/C(=C/Br)c2ccccc2Cl)cc1. The summed E-state index contributed by atoms with van der Waals surface area (Å²) in [5, 5.41) is 1.45. The van der Waals surface area contributed by atoms with Crippen molar-refractivity contribution in [1.82, 2.24) is 0 Å². The summed E-state index contributed by atoms with van der Waals surface area (Å²) in [5.41, 5.74) is 3.10. The van der Waals surface area contributed by atoms with Gasteiger partial charge in [-0.15, -0.1) is 0 Å². The van der Waals surface area contributed by atoms with Crippen LogP contribution in [0.4, 0.5) is 0 Å². The van der Waals surface area contributed by atoms with Gasteiger partial charge >= 0.3 is 0 Å². The standard InChI is InChI=1S/C14H9BrCl2/c15-9-13(10-5-7-11(16)8-6-10)12-3-1-2-4-14(12)17/h1-9H/b13-9-. The first-order chi connectivity index (χ1) is 8.22. The molecule has 3 heteroatoms. The van der Waals surface area contributed by atoms with Gasteiger partial charge in [-0.05, 0) is 34.3 Å². The van der Waals surface area contributed by atoms with Crippen LogP contribution in [0.2, 0.25) is 10.0 Å². The van der Waals surface area contributed by atoms with E-state index in [1.54, 1.807) is 0 Å². The van der Waals surface area contributed by atoms with Crippen LogP contribution < -0.4 is 0 Å². The quantitative estimate of drug-likeness (QED) is 0.656. The largest absolute Gasteiger partial charge is 0.0843 e. The molecule has 0 aliphatic heterocycles. The van der Waals surface area contributed by atoms with E-state index in [9.17, 15) is 0 Å². The van der Waals surface area contributed by atoms with Gasteiger partial charge in [-0.2, -0.15) is 0 Å². The van der Waals surface area contributed by atoms with Crippen LogP contribution in [0, 0.1) is 0 Å². The summed E-state index contributed by atoms with van der Waals surface area (Å²) in [6.45, 7) is 0. The van der Waals surface area contributed by atoms with E-state index in [1.807, 2.05) is 53.5 Å². The monoisotopic (exact) mass is 326 g/mol. The number of halogens is 3. The van der Waals surface area contributed by atoms with Crippen LogP contribution in [0.5, 0.6) is 0 Å². The molecule has 0 atom stereocenters. The molecule has 0 amide bonds. The lowest BCUT2D eigenvalue weighted by Crippen LogP contribution is -1.87. The second-order valence-electron chi connectivity index (χ2n) is 3.51. The number of benzene rings is 2. The second-order valence-corrected chi connectivity index (χ2v) is 4.81. The minimum Gasteiger partial charge on any atom is -0.0843 e. The van der Waals surface area contributed by atoms with E-state index in [-0.39, 0.29) is 0 Å². The molecule has 0 fully saturated rings. The first kappa shape index (κ1) is 12.7. The van der Waals surface area contributed by atoms with Crippen LogP contribution >= 0.6 is 39.1 Å². The molecule has 2 rings (SSSR count). The Morgan fingerprint density at radius 1 is 0.941 bits per heavy atom. The van der Waals surface area contributed by atoms with Crippen molar-refractivity contribution in [3.63, 3.8) is 0 Å². The van der Waals surface area contributed by atoms with E-state index in [0.717, 1.165) is 26.7 Å². The molecule has 0 aliphatic carbocycles. The van der Waals surface area contributed by atoms with E-state index >= 15 is 0 Å². The van der Waals surface area contributed by atoms with Gasteiger partial charge in [0, 0.05) is 15.6 Å². The van der Waals surface area contributed by atoms with Crippen LogP contribution in [0.3, 0.4) is 0 Å². The summed E-state index contributed by atoms with van der Waals surface area (Å²) in [5.74, 6) is 0. The normalized spacial score (nSPS) is 11.6. The molecular weight excluding hydrogens is 319 g/mol. The molecule has 0 spiro atoms. The van der Waals surface area contributed by atoms with E-state index < -0.39 is 0 Å². The molecule has 0 nitrogen and oxygen atoms in total. The summed E-state index contributed by atoms with van der Waals surface area (Å²) in [6, 6.07) is 15.4. The summed E-state index contributed by atoms with van der Waals surface area (Å²) < 4.78 is 0. The summed E-state index contributed by atoms with van der Waals surface area (Å²) >= 11 is 15.5. The maximum Gasteiger partial charge on any atom is 0.0484 e. The van der Waals surface area contributed by atoms with Crippen molar-refractivity contribution in [3.8, 4) is 0 Å². The Hall–Kier alpha value is -0.760. The highest BCUT2D eigenvalue weighted by Gasteiger charge is 2.07. The fourth-order valence-corrected chi connectivity index (χ4v) is 2.46. The molecule has 2 aromatic carbocycles. The lowest BCUT2D eigenvalue weighted by Gasteiger charge is -2.09. The van der Waals surface area contributed by atoms with Gasteiger partial charge in [-0.1, -0.05) is 69.5 Å². The zero-order valence-corrected chi connectivity index (χ0v) is 11.9. The van der Waals surface area contributed by atoms with Crippen molar-refractivity contribution >= 4 is 44.7 Å². The highest BCUT2D eigenvalue weighted by molar-refractivity contribution is 9.11. The fraction of sp³-hybridized carbons (Fsp3) is 0. The van der Waals surface area contributed by atoms with E-state index in [1.165, 1.54) is 0 Å². The van der Waals surface area contributed by atoms with Crippen molar-refractivity contribution in [2.45, 2.75) is 0 Å². The van der Waals surface area contributed by atoms with E-state index in [0.29, 0.717) is 0 Å². The van der Waals surface area contributed by atoms with Gasteiger partial charge in [0.1, 0.15) is 0 Å². The Labute approximate surface area is 119 Å². The second kappa shape index (κ2) is 5.72. The maximum absolute atomic E-state index is 6.19. The van der Waals surface area contributed by atoms with Crippen LogP contribution in [0.1, 0.15) is 11.1 Å². The molecule has 0 aliphatic rings. The van der Waals surface area contributed by atoms with Gasteiger partial charge < -0.3 is 0 Å². The number of hydrogen-bond acceptors (Lipinski definition) is 0. The van der Waals surface area contributed by atoms with E-state index in [2.05, 4.69) is 15.9 Å². The Morgan fingerprint density at radius 2 is 1.59 bits per heavy atom. The van der Waals surface area contributed by atoms with Crippen molar-refractivity contribution < 1.29 is 0 Å². The first-order valence-corrected chi connectivity index (χ1v) is 6.71. The Bertz CT molecular complexity index is 544. The average molecular weight is 328 g/mol. The van der Waals surface area contributed by atoms with Gasteiger partial charge in [0.05, 0.1) is 0 Å². The van der Waals surface area contributed by atoms with Crippen molar-refractivity contribution in [1.29, 1.82) is 0 Å². The molecule has 86 valence electrons. The maximum atomic E-state index is 6.19. The lowest BCUT2D eigenvalue weighted by molar-refractivity contribution is 1.55. The highest BCUT2D eigenvalue weighted by Crippen LogP contribution is 2.30. The minimum atomic E-state index is 0.724. The van der Waals surface area contributed by atoms with Crippen molar-refractivity contribution in [2.24, 2.45) is 0 Å². The summed E-state index contributed by atoms with van der Waals surface area (Å²) in [4.78, 5) is 1.87. The third-order valence-electron chi connectivity index (χ3n) is 2.43. The lowest BCUT2D eigenvalue weighted by atomic mass is 10.00. The summed E-state index contributed by atoms with van der Waals surface area (Å²) in [7, 11) is 0.